The van der Waals surface area contributed by atoms with E-state index in [-0.39, 0.29) is 11.6 Å². The zero-order valence-corrected chi connectivity index (χ0v) is 21.4. The lowest BCUT2D eigenvalue weighted by molar-refractivity contribution is -0.192. The average molecular weight is 556 g/mol. The van der Waals surface area contributed by atoms with Gasteiger partial charge >= 0.3 is 12.1 Å². The standard InChI is InChI=1S/C22H24ClN5O3.C2HF3O2/c1-24-21-26-9-12-4-16(15-5-14(30-2)6-17(31-3)18(15)23)20(29)28(19(12)27-21)13-7-22(8-13)10-25-11-22;3-2(4,5)1(6)7/h4-6,9,13,25H,7-8,10-11H2,1-3H3,(H,24,26,27);(H,6,7). The minimum Gasteiger partial charge on any atom is -0.497 e. The molecule has 5 rings (SSSR count). The third kappa shape index (κ3) is 5.07. The van der Waals surface area contributed by atoms with Gasteiger partial charge in [-0.3, -0.25) is 9.36 Å². The molecule has 204 valence electrons. The van der Waals surface area contributed by atoms with Crippen molar-refractivity contribution < 1.29 is 32.5 Å². The van der Waals surface area contributed by atoms with Crippen LogP contribution in [-0.2, 0) is 4.79 Å². The van der Waals surface area contributed by atoms with E-state index >= 15 is 0 Å². The van der Waals surface area contributed by atoms with Gasteiger partial charge in [-0.15, -0.1) is 0 Å². The summed E-state index contributed by atoms with van der Waals surface area (Å²) in [5.41, 5.74) is 1.85. The van der Waals surface area contributed by atoms with E-state index in [4.69, 9.17) is 31.0 Å². The van der Waals surface area contributed by atoms with E-state index < -0.39 is 12.1 Å². The highest BCUT2D eigenvalue weighted by Crippen LogP contribution is 2.51. The number of hydrogen-bond donors (Lipinski definition) is 3. The summed E-state index contributed by atoms with van der Waals surface area (Å²) in [4.78, 5) is 31.7. The predicted octanol–water partition coefficient (Wildman–Crippen LogP) is 3.73. The highest BCUT2D eigenvalue weighted by molar-refractivity contribution is 6.35. The highest BCUT2D eigenvalue weighted by atomic mass is 35.5. The number of ether oxygens (including phenoxy) is 2. The Balaban J connectivity index is 0.000000426. The number of benzene rings is 1. The van der Waals surface area contributed by atoms with Crippen LogP contribution in [0, 0.1) is 5.41 Å². The fourth-order valence-electron chi connectivity index (χ4n) is 4.70. The van der Waals surface area contributed by atoms with Crippen molar-refractivity contribution in [1.82, 2.24) is 19.9 Å². The average Bonchev–Trinajstić information content (AvgIpc) is 2.83. The van der Waals surface area contributed by atoms with Crippen LogP contribution in [0.25, 0.3) is 22.2 Å². The molecule has 14 heteroatoms. The first-order valence-corrected chi connectivity index (χ1v) is 11.8. The summed E-state index contributed by atoms with van der Waals surface area (Å²) in [5.74, 6) is -1.26. The van der Waals surface area contributed by atoms with Gasteiger partial charge in [0.15, 0.2) is 0 Å². The zero-order chi connectivity index (χ0) is 27.8. The molecule has 0 amide bonds. The number of carboxylic acids is 1. The second kappa shape index (κ2) is 10.3. The molecule has 1 saturated carbocycles. The van der Waals surface area contributed by atoms with Crippen molar-refractivity contribution in [3.63, 3.8) is 0 Å². The van der Waals surface area contributed by atoms with Gasteiger partial charge in [-0.05, 0) is 30.4 Å². The van der Waals surface area contributed by atoms with Crippen LogP contribution >= 0.6 is 11.6 Å². The third-order valence-corrected chi connectivity index (χ3v) is 7.09. The Labute approximate surface area is 219 Å². The lowest BCUT2D eigenvalue weighted by Gasteiger charge is -2.54. The highest BCUT2D eigenvalue weighted by Gasteiger charge is 2.49. The number of methoxy groups -OCH3 is 2. The Hall–Kier alpha value is -3.58. The Bertz CT molecular complexity index is 1430. The van der Waals surface area contributed by atoms with Gasteiger partial charge in [-0.1, -0.05) is 11.6 Å². The number of fused-ring (bicyclic) bond motifs is 1. The monoisotopic (exact) mass is 555 g/mol. The second-order valence-corrected chi connectivity index (χ2v) is 9.49. The van der Waals surface area contributed by atoms with Gasteiger partial charge in [0, 0.05) is 55.0 Å². The number of aliphatic carboxylic acids is 1. The number of alkyl halides is 3. The van der Waals surface area contributed by atoms with Crippen molar-refractivity contribution in [2.75, 3.05) is 39.7 Å². The number of rotatable bonds is 5. The normalized spacial score (nSPS) is 16.2. The number of nitrogens with zero attached hydrogens (tertiary/aromatic N) is 3. The van der Waals surface area contributed by atoms with Crippen LogP contribution in [0.3, 0.4) is 0 Å². The van der Waals surface area contributed by atoms with Crippen LogP contribution in [0.5, 0.6) is 11.5 Å². The van der Waals surface area contributed by atoms with Crippen LogP contribution in [0.2, 0.25) is 5.02 Å². The molecule has 3 aromatic rings. The second-order valence-electron chi connectivity index (χ2n) is 9.12. The van der Waals surface area contributed by atoms with E-state index in [1.54, 1.807) is 38.6 Å². The fourth-order valence-corrected chi connectivity index (χ4v) is 4.98. The van der Waals surface area contributed by atoms with E-state index in [1.165, 1.54) is 7.11 Å². The molecule has 0 atom stereocenters. The first-order valence-electron chi connectivity index (χ1n) is 11.5. The van der Waals surface area contributed by atoms with Gasteiger partial charge in [-0.25, -0.2) is 9.78 Å². The van der Waals surface area contributed by atoms with Crippen LogP contribution in [0.15, 0.2) is 29.2 Å². The van der Waals surface area contributed by atoms with Gasteiger partial charge in [0.2, 0.25) is 5.95 Å². The Kier molecular flexibility index (Phi) is 7.44. The van der Waals surface area contributed by atoms with Crippen molar-refractivity contribution in [2.45, 2.75) is 25.1 Å². The smallest absolute Gasteiger partial charge is 0.490 e. The molecule has 38 heavy (non-hydrogen) atoms. The van der Waals surface area contributed by atoms with Gasteiger partial charge in [0.1, 0.15) is 17.1 Å². The van der Waals surface area contributed by atoms with Crippen LogP contribution in [0.1, 0.15) is 18.9 Å². The molecular weight excluding hydrogens is 531 g/mol. The number of aromatic nitrogens is 3. The molecule has 10 nitrogen and oxygen atoms in total. The Morgan fingerprint density at radius 2 is 1.87 bits per heavy atom. The number of halogens is 4. The molecule has 3 heterocycles. The van der Waals surface area contributed by atoms with Crippen molar-refractivity contribution in [3.05, 3.63) is 39.8 Å². The van der Waals surface area contributed by atoms with Crippen LogP contribution in [-0.4, -0.2) is 66.1 Å². The van der Waals surface area contributed by atoms with E-state index in [1.807, 2.05) is 4.57 Å². The number of pyridine rings is 1. The van der Waals surface area contributed by atoms with Crippen molar-refractivity contribution in [1.29, 1.82) is 0 Å². The maximum Gasteiger partial charge on any atom is 0.490 e. The third-order valence-electron chi connectivity index (χ3n) is 6.70. The van der Waals surface area contributed by atoms with E-state index in [0.717, 1.165) is 31.3 Å². The molecule has 1 aliphatic heterocycles. The molecule has 0 bridgehead atoms. The summed E-state index contributed by atoms with van der Waals surface area (Å²) in [6.45, 7) is 2.01. The topological polar surface area (TPSA) is 128 Å². The molecule has 1 saturated heterocycles. The molecule has 1 spiro atoms. The molecule has 2 aliphatic rings. The molecule has 0 unspecified atom stereocenters. The van der Waals surface area contributed by atoms with Crippen LogP contribution < -0.4 is 25.7 Å². The molecule has 3 N–H and O–H groups in total. The van der Waals surface area contributed by atoms with Crippen LogP contribution in [0.4, 0.5) is 19.1 Å². The summed E-state index contributed by atoms with van der Waals surface area (Å²) in [5, 5.41) is 14.6. The first-order chi connectivity index (χ1) is 17.9. The van der Waals surface area contributed by atoms with Crippen molar-refractivity contribution in [3.8, 4) is 22.6 Å². The van der Waals surface area contributed by atoms with E-state index in [9.17, 15) is 18.0 Å². The fraction of sp³-hybridized carbons (Fsp3) is 0.417. The van der Waals surface area contributed by atoms with E-state index in [0.29, 0.717) is 44.7 Å². The van der Waals surface area contributed by atoms with Gasteiger partial charge in [-0.2, -0.15) is 18.2 Å². The zero-order valence-electron chi connectivity index (χ0n) is 20.6. The minimum absolute atomic E-state index is 0.0861. The molecule has 1 aromatic carbocycles. The SMILES string of the molecule is CNc1ncc2cc(-c3cc(OC)cc(OC)c3Cl)c(=O)n(C3CC4(CNC4)C3)c2n1.O=C(O)C(F)(F)F. The summed E-state index contributed by atoms with van der Waals surface area (Å²) >= 11 is 6.62. The lowest BCUT2D eigenvalue weighted by Crippen LogP contribution is -2.61. The Morgan fingerprint density at radius 1 is 1.21 bits per heavy atom. The molecule has 1 aliphatic carbocycles. The van der Waals surface area contributed by atoms with Crippen molar-refractivity contribution >= 4 is 34.6 Å². The number of anilines is 1. The molecule has 2 aromatic heterocycles. The van der Waals surface area contributed by atoms with Crippen molar-refractivity contribution in [2.24, 2.45) is 5.41 Å². The van der Waals surface area contributed by atoms with E-state index in [2.05, 4.69) is 20.6 Å². The number of carboxylic acid groups (broad SMARTS) is 1. The summed E-state index contributed by atoms with van der Waals surface area (Å²) in [7, 11) is 4.87. The number of hydrogen-bond acceptors (Lipinski definition) is 8. The summed E-state index contributed by atoms with van der Waals surface area (Å²) in [6, 6.07) is 5.35. The van der Waals surface area contributed by atoms with Gasteiger partial charge in [0.05, 0.1) is 19.2 Å². The minimum atomic E-state index is -5.08. The summed E-state index contributed by atoms with van der Waals surface area (Å²) in [6.07, 6.45) is -1.45. The predicted molar refractivity (Wildman–Crippen MR) is 134 cm³/mol. The number of carbonyl (C=O) groups is 1. The summed E-state index contributed by atoms with van der Waals surface area (Å²) < 4.78 is 44.4. The maximum atomic E-state index is 13.8. The largest absolute Gasteiger partial charge is 0.497 e. The van der Waals surface area contributed by atoms with Gasteiger partial charge in [0.25, 0.3) is 5.56 Å². The van der Waals surface area contributed by atoms with Gasteiger partial charge < -0.3 is 25.2 Å². The lowest BCUT2D eigenvalue weighted by atomic mass is 9.61. The quantitative estimate of drug-likeness (QED) is 0.431. The number of nitrogens with one attached hydrogen (secondary N) is 2. The first kappa shape index (κ1) is 27.5. The molecule has 2 fully saturated rings. The maximum absolute atomic E-state index is 13.8. The Morgan fingerprint density at radius 3 is 2.37 bits per heavy atom. The molecule has 0 radical (unpaired) electrons. The molecular formula is C24H25ClF3N5O5.